The van der Waals surface area contributed by atoms with Gasteiger partial charge in [0.1, 0.15) is 0 Å². The molecule has 0 saturated carbocycles. The van der Waals surface area contributed by atoms with Gasteiger partial charge in [-0.3, -0.25) is 0 Å². The molecule has 198 valence electrons. The number of benzene rings is 6. The average Bonchev–Trinajstić information content (AvgIpc) is 3.00. The number of hydrogen-bond donors (Lipinski definition) is 0. The number of rotatable bonds is 2. The Morgan fingerprint density at radius 3 is 1.63 bits per heavy atom. The van der Waals surface area contributed by atoms with Crippen LogP contribution in [0.2, 0.25) is 0 Å². The minimum atomic E-state index is -0.124. The van der Waals surface area contributed by atoms with Gasteiger partial charge in [-0.05, 0) is 79.5 Å². The maximum absolute atomic E-state index is 2.53. The number of fused-ring (bicyclic) bond motifs is 5. The minimum Gasteiger partial charge on any atom is -0.309 e. The molecule has 0 saturated heterocycles. The summed E-state index contributed by atoms with van der Waals surface area (Å²) in [6.07, 6.45) is 0. The molecule has 6 aromatic carbocycles. The van der Waals surface area contributed by atoms with Gasteiger partial charge in [0.05, 0.1) is 17.1 Å². The highest BCUT2D eigenvalue weighted by atomic mass is 15.2. The van der Waals surface area contributed by atoms with E-state index in [0.717, 1.165) is 0 Å². The molecular formula is C40H33N. The maximum Gasteiger partial charge on any atom is 0.0543 e. The standard InChI is InChI=1S/C40H33N/c1-39(2)32-12-7-8-15-36(32)41-37-23-22-31(25-35(37)40(3,4)34-14-9-13-33(39)38(34)41)28-18-16-27(17-19-28)30-21-20-26-10-5-6-11-29(26)24-30/h5-25H,1-4H3. The van der Waals surface area contributed by atoms with Crippen LogP contribution >= 0.6 is 0 Å². The molecule has 0 atom stereocenters. The van der Waals surface area contributed by atoms with Crippen molar-refractivity contribution in [1.29, 1.82) is 0 Å². The molecule has 1 heteroatoms. The predicted molar refractivity (Wildman–Crippen MR) is 174 cm³/mol. The van der Waals surface area contributed by atoms with E-state index in [1.807, 2.05) is 0 Å². The van der Waals surface area contributed by atoms with E-state index in [2.05, 4.69) is 160 Å². The first kappa shape index (κ1) is 24.2. The largest absolute Gasteiger partial charge is 0.309 e. The maximum atomic E-state index is 2.53. The summed E-state index contributed by atoms with van der Waals surface area (Å²) >= 11 is 0. The average molecular weight is 528 g/mol. The van der Waals surface area contributed by atoms with Crippen LogP contribution in [0.25, 0.3) is 33.0 Å². The molecule has 2 heterocycles. The number of nitrogens with zero attached hydrogens (tertiary/aromatic N) is 1. The van der Waals surface area contributed by atoms with Crippen LogP contribution < -0.4 is 4.90 Å². The van der Waals surface area contributed by atoms with Crippen molar-refractivity contribution in [2.24, 2.45) is 0 Å². The first-order chi connectivity index (χ1) is 19.8. The van der Waals surface area contributed by atoms with Gasteiger partial charge in [0, 0.05) is 10.8 Å². The minimum absolute atomic E-state index is 0.0568. The van der Waals surface area contributed by atoms with Crippen molar-refractivity contribution in [2.45, 2.75) is 38.5 Å². The van der Waals surface area contributed by atoms with Crippen molar-refractivity contribution < 1.29 is 0 Å². The third-order valence-corrected chi connectivity index (χ3v) is 9.64. The molecule has 6 aromatic rings. The fourth-order valence-corrected chi connectivity index (χ4v) is 7.29. The lowest BCUT2D eigenvalue weighted by Gasteiger charge is -2.49. The summed E-state index contributed by atoms with van der Waals surface area (Å²) in [7, 11) is 0. The van der Waals surface area contributed by atoms with Gasteiger partial charge in [-0.25, -0.2) is 0 Å². The first-order valence-corrected chi connectivity index (χ1v) is 14.6. The fourth-order valence-electron chi connectivity index (χ4n) is 7.29. The Morgan fingerprint density at radius 2 is 0.902 bits per heavy atom. The zero-order chi connectivity index (χ0) is 27.9. The molecule has 8 rings (SSSR count). The summed E-state index contributed by atoms with van der Waals surface area (Å²) in [5.41, 5.74) is 14.3. The van der Waals surface area contributed by atoms with Crippen molar-refractivity contribution in [3.63, 3.8) is 0 Å². The van der Waals surface area contributed by atoms with E-state index in [4.69, 9.17) is 0 Å². The molecule has 2 aliphatic heterocycles. The molecule has 2 aliphatic rings. The van der Waals surface area contributed by atoms with Crippen molar-refractivity contribution in [1.82, 2.24) is 0 Å². The summed E-state index contributed by atoms with van der Waals surface area (Å²) in [6, 6.07) is 47.3. The third-order valence-electron chi connectivity index (χ3n) is 9.64. The van der Waals surface area contributed by atoms with Crippen LogP contribution in [0.3, 0.4) is 0 Å². The van der Waals surface area contributed by atoms with E-state index in [1.165, 1.54) is 72.3 Å². The lowest BCUT2D eigenvalue weighted by Crippen LogP contribution is -2.38. The van der Waals surface area contributed by atoms with Crippen LogP contribution in [0.1, 0.15) is 49.9 Å². The Morgan fingerprint density at radius 1 is 0.390 bits per heavy atom. The number of hydrogen-bond acceptors (Lipinski definition) is 1. The van der Waals surface area contributed by atoms with Crippen LogP contribution in [0.5, 0.6) is 0 Å². The molecular weight excluding hydrogens is 494 g/mol. The van der Waals surface area contributed by atoms with Gasteiger partial charge in [-0.15, -0.1) is 0 Å². The Bertz CT molecular complexity index is 1990. The van der Waals surface area contributed by atoms with Crippen molar-refractivity contribution in [2.75, 3.05) is 4.90 Å². The van der Waals surface area contributed by atoms with Crippen LogP contribution in [0, 0.1) is 0 Å². The smallest absolute Gasteiger partial charge is 0.0543 e. The van der Waals surface area contributed by atoms with Gasteiger partial charge < -0.3 is 4.90 Å². The molecule has 0 unspecified atom stereocenters. The topological polar surface area (TPSA) is 3.24 Å². The van der Waals surface area contributed by atoms with E-state index in [-0.39, 0.29) is 10.8 Å². The normalized spacial score (nSPS) is 15.7. The first-order valence-electron chi connectivity index (χ1n) is 14.6. The SMILES string of the molecule is CC1(C)c2ccccc2N2c3ccc(-c4ccc(-c5ccc6ccccc6c5)cc4)cc3C(C)(C)c3cccc1c32. The molecule has 41 heavy (non-hydrogen) atoms. The highest BCUT2D eigenvalue weighted by molar-refractivity contribution is 5.93. The zero-order valence-electron chi connectivity index (χ0n) is 24.1. The summed E-state index contributed by atoms with van der Waals surface area (Å²) in [5.74, 6) is 0. The molecule has 0 aromatic heterocycles. The molecule has 0 N–H and O–H groups in total. The zero-order valence-corrected chi connectivity index (χ0v) is 24.1. The van der Waals surface area contributed by atoms with E-state index < -0.39 is 0 Å². The van der Waals surface area contributed by atoms with E-state index >= 15 is 0 Å². The Labute approximate surface area is 242 Å². The lowest BCUT2D eigenvalue weighted by molar-refractivity contribution is 0.597. The second kappa shape index (κ2) is 8.44. The van der Waals surface area contributed by atoms with E-state index in [9.17, 15) is 0 Å². The molecule has 1 nitrogen and oxygen atoms in total. The second-order valence-corrected chi connectivity index (χ2v) is 12.7. The molecule has 0 radical (unpaired) electrons. The Balaban J connectivity index is 1.24. The summed E-state index contributed by atoms with van der Waals surface area (Å²) < 4.78 is 0. The molecule has 0 amide bonds. The van der Waals surface area contributed by atoms with Gasteiger partial charge in [0.15, 0.2) is 0 Å². The molecule has 0 bridgehead atoms. The van der Waals surface area contributed by atoms with Crippen molar-refractivity contribution in [3.8, 4) is 22.3 Å². The number of anilines is 3. The monoisotopic (exact) mass is 527 g/mol. The fraction of sp³-hybridized carbons (Fsp3) is 0.150. The summed E-state index contributed by atoms with van der Waals surface area (Å²) in [6.45, 7) is 9.51. The Hall–Kier alpha value is -4.62. The third kappa shape index (κ3) is 3.42. The van der Waals surface area contributed by atoms with Gasteiger partial charge >= 0.3 is 0 Å². The lowest BCUT2D eigenvalue weighted by atomic mass is 9.66. The quantitative estimate of drug-likeness (QED) is 0.216. The molecule has 0 aliphatic carbocycles. The van der Waals surface area contributed by atoms with Crippen LogP contribution in [0.4, 0.5) is 17.1 Å². The van der Waals surface area contributed by atoms with E-state index in [0.29, 0.717) is 0 Å². The number of para-hydroxylation sites is 2. The van der Waals surface area contributed by atoms with Gasteiger partial charge in [0.25, 0.3) is 0 Å². The highest BCUT2D eigenvalue weighted by Crippen LogP contribution is 2.60. The van der Waals surface area contributed by atoms with Crippen LogP contribution in [0.15, 0.2) is 127 Å². The van der Waals surface area contributed by atoms with Gasteiger partial charge in [-0.1, -0.05) is 131 Å². The van der Waals surface area contributed by atoms with Crippen LogP contribution in [-0.4, -0.2) is 0 Å². The van der Waals surface area contributed by atoms with Gasteiger partial charge in [0.2, 0.25) is 0 Å². The predicted octanol–water partition coefficient (Wildman–Crippen LogP) is 10.9. The van der Waals surface area contributed by atoms with Crippen molar-refractivity contribution >= 4 is 27.8 Å². The molecule has 0 fully saturated rings. The van der Waals surface area contributed by atoms with E-state index in [1.54, 1.807) is 0 Å². The Kier molecular flexibility index (Phi) is 4.98. The van der Waals surface area contributed by atoms with Crippen LogP contribution in [-0.2, 0) is 10.8 Å². The summed E-state index contributed by atoms with van der Waals surface area (Å²) in [4.78, 5) is 2.53. The van der Waals surface area contributed by atoms with Gasteiger partial charge in [-0.2, -0.15) is 0 Å². The second-order valence-electron chi connectivity index (χ2n) is 12.7. The summed E-state index contributed by atoms with van der Waals surface area (Å²) in [5, 5.41) is 2.55. The highest BCUT2D eigenvalue weighted by Gasteiger charge is 2.45. The van der Waals surface area contributed by atoms with Crippen molar-refractivity contribution in [3.05, 3.63) is 150 Å². The molecule has 0 spiro atoms.